The van der Waals surface area contributed by atoms with Crippen LogP contribution in [-0.4, -0.2) is 37.2 Å². The monoisotopic (exact) mass is 849 g/mol. The van der Waals surface area contributed by atoms with Crippen molar-refractivity contribution in [1.82, 2.24) is 0 Å². The van der Waals surface area contributed by atoms with E-state index >= 15 is 0 Å². The molecule has 0 amide bonds. The van der Waals surface area contributed by atoms with Gasteiger partial charge in [-0.15, -0.1) is 0 Å². The molecule has 0 rings (SSSR count). The molecule has 6 nitrogen and oxygen atoms in total. The molecule has 356 valence electrons. The summed E-state index contributed by atoms with van der Waals surface area (Å²) in [7, 11) is 0. The second kappa shape index (κ2) is 48.4. The van der Waals surface area contributed by atoms with Crippen molar-refractivity contribution >= 4 is 17.9 Å². The van der Waals surface area contributed by atoms with E-state index in [1.54, 1.807) is 0 Å². The van der Waals surface area contributed by atoms with Gasteiger partial charge in [-0.25, -0.2) is 0 Å². The lowest BCUT2D eigenvalue weighted by Gasteiger charge is -2.18. The zero-order chi connectivity index (χ0) is 43.8. The third-order valence-corrected chi connectivity index (χ3v) is 12.7. The van der Waals surface area contributed by atoms with E-state index in [1.807, 2.05) is 0 Å². The third kappa shape index (κ3) is 45.9. The zero-order valence-electron chi connectivity index (χ0n) is 40.9. The Morgan fingerprint density at radius 1 is 0.333 bits per heavy atom. The molecular weight excluding hydrogens is 745 g/mol. The van der Waals surface area contributed by atoms with E-state index in [9.17, 15) is 14.4 Å². The van der Waals surface area contributed by atoms with Crippen molar-refractivity contribution in [2.75, 3.05) is 13.2 Å². The van der Waals surface area contributed by atoms with Gasteiger partial charge >= 0.3 is 17.9 Å². The van der Waals surface area contributed by atoms with Crippen molar-refractivity contribution in [3.63, 3.8) is 0 Å². The topological polar surface area (TPSA) is 78.9 Å². The van der Waals surface area contributed by atoms with E-state index in [0.717, 1.165) is 63.7 Å². The highest BCUT2D eigenvalue weighted by molar-refractivity contribution is 5.71. The molecule has 0 aliphatic heterocycles. The van der Waals surface area contributed by atoms with Crippen LogP contribution in [-0.2, 0) is 28.6 Å². The van der Waals surface area contributed by atoms with Gasteiger partial charge in [0.2, 0.25) is 0 Å². The summed E-state index contributed by atoms with van der Waals surface area (Å²) in [5.41, 5.74) is 0. The van der Waals surface area contributed by atoms with Gasteiger partial charge in [0.05, 0.1) is 0 Å². The van der Waals surface area contributed by atoms with Gasteiger partial charge in [-0.2, -0.15) is 0 Å². The Labute approximate surface area is 374 Å². The SMILES string of the molecule is CCCCCCCCCCCCCCCCCCC(=O)OC[C@H](COC(=O)CCCCCCCCCCC(C)CC)OC(=O)CCCCCCCCCCCCCCCC. The molecule has 0 aromatic heterocycles. The molecule has 0 bridgehead atoms. The van der Waals surface area contributed by atoms with Crippen LogP contribution in [0.15, 0.2) is 0 Å². The quantitative estimate of drug-likeness (QED) is 0.0345. The summed E-state index contributed by atoms with van der Waals surface area (Å²) in [6.07, 6.45) is 50.8. The first-order chi connectivity index (χ1) is 29.4. The summed E-state index contributed by atoms with van der Waals surface area (Å²) in [6, 6.07) is 0. The second-order valence-corrected chi connectivity index (χ2v) is 18.8. The molecule has 6 heteroatoms. The summed E-state index contributed by atoms with van der Waals surface area (Å²) in [5.74, 6) is 0.00539. The Morgan fingerprint density at radius 2 is 0.583 bits per heavy atom. The predicted molar refractivity (Wildman–Crippen MR) is 257 cm³/mol. The molecule has 0 fully saturated rings. The van der Waals surface area contributed by atoms with Crippen molar-refractivity contribution in [2.45, 2.75) is 310 Å². The highest BCUT2D eigenvalue weighted by Gasteiger charge is 2.19. The number of unbranched alkanes of at least 4 members (excludes halogenated alkanes) is 35. The van der Waals surface area contributed by atoms with Crippen molar-refractivity contribution in [3.05, 3.63) is 0 Å². The standard InChI is InChI=1S/C54H104O6/c1-5-8-10-12-14-16-18-20-22-23-25-26-28-33-37-41-45-52(55)58-48-51(49-59-53(56)46-42-38-34-31-30-32-36-40-44-50(4)7-3)60-54(57)47-43-39-35-29-27-24-21-19-17-15-13-11-9-6-2/h50-51H,5-49H2,1-4H3/t50?,51-/m1/s1. The zero-order valence-corrected chi connectivity index (χ0v) is 40.9. The van der Waals surface area contributed by atoms with E-state index in [0.29, 0.717) is 19.3 Å². The van der Waals surface area contributed by atoms with Crippen LogP contribution in [0.3, 0.4) is 0 Å². The molecule has 0 heterocycles. The van der Waals surface area contributed by atoms with E-state index in [-0.39, 0.29) is 31.1 Å². The van der Waals surface area contributed by atoms with Crippen LogP contribution in [0.2, 0.25) is 0 Å². The predicted octanol–water partition coefficient (Wildman–Crippen LogP) is 17.5. The first-order valence-electron chi connectivity index (χ1n) is 26.9. The number of hydrogen-bond acceptors (Lipinski definition) is 6. The number of hydrogen-bond donors (Lipinski definition) is 0. The van der Waals surface area contributed by atoms with Crippen LogP contribution in [0.25, 0.3) is 0 Å². The maximum Gasteiger partial charge on any atom is 0.306 e. The second-order valence-electron chi connectivity index (χ2n) is 18.8. The summed E-state index contributed by atoms with van der Waals surface area (Å²) in [5, 5.41) is 0. The van der Waals surface area contributed by atoms with Gasteiger partial charge in [0.25, 0.3) is 0 Å². The van der Waals surface area contributed by atoms with E-state index in [1.165, 1.54) is 199 Å². The number of ether oxygens (including phenoxy) is 3. The summed E-state index contributed by atoms with van der Waals surface area (Å²) >= 11 is 0. The minimum atomic E-state index is -0.761. The lowest BCUT2D eigenvalue weighted by atomic mass is 9.99. The van der Waals surface area contributed by atoms with E-state index in [2.05, 4.69) is 27.7 Å². The Balaban J connectivity index is 4.30. The lowest BCUT2D eigenvalue weighted by molar-refractivity contribution is -0.167. The molecule has 0 N–H and O–H groups in total. The Bertz CT molecular complexity index is 905. The van der Waals surface area contributed by atoms with Crippen LogP contribution in [0, 0.1) is 5.92 Å². The van der Waals surface area contributed by atoms with E-state index in [4.69, 9.17) is 14.2 Å². The van der Waals surface area contributed by atoms with E-state index < -0.39 is 6.10 Å². The fraction of sp³-hybridized carbons (Fsp3) is 0.944. The normalized spacial score (nSPS) is 12.4. The Hall–Kier alpha value is -1.59. The van der Waals surface area contributed by atoms with Crippen LogP contribution in [0.5, 0.6) is 0 Å². The third-order valence-electron chi connectivity index (χ3n) is 12.7. The molecule has 0 aliphatic carbocycles. The maximum atomic E-state index is 12.8. The fourth-order valence-corrected chi connectivity index (χ4v) is 8.19. The van der Waals surface area contributed by atoms with Crippen molar-refractivity contribution in [2.24, 2.45) is 5.92 Å². The van der Waals surface area contributed by atoms with Gasteiger partial charge in [-0.3, -0.25) is 14.4 Å². The van der Waals surface area contributed by atoms with Crippen LogP contribution in [0.4, 0.5) is 0 Å². The molecule has 60 heavy (non-hydrogen) atoms. The fourth-order valence-electron chi connectivity index (χ4n) is 8.19. The molecule has 1 unspecified atom stereocenters. The minimum absolute atomic E-state index is 0.0627. The highest BCUT2D eigenvalue weighted by atomic mass is 16.6. The molecule has 0 saturated carbocycles. The summed E-state index contributed by atoms with van der Waals surface area (Å²) < 4.78 is 16.8. The van der Waals surface area contributed by atoms with Crippen molar-refractivity contribution < 1.29 is 28.6 Å². The van der Waals surface area contributed by atoms with Crippen LogP contribution in [0.1, 0.15) is 304 Å². The molecule has 0 aromatic rings. The first kappa shape index (κ1) is 58.4. The number of rotatable bonds is 49. The van der Waals surface area contributed by atoms with Gasteiger partial charge in [0, 0.05) is 19.3 Å². The van der Waals surface area contributed by atoms with Gasteiger partial charge in [-0.1, -0.05) is 265 Å². The first-order valence-corrected chi connectivity index (χ1v) is 26.9. The molecule has 0 saturated heterocycles. The van der Waals surface area contributed by atoms with Crippen molar-refractivity contribution in [3.8, 4) is 0 Å². The lowest BCUT2D eigenvalue weighted by Crippen LogP contribution is -2.30. The number of carbonyl (C=O) groups is 3. The minimum Gasteiger partial charge on any atom is -0.462 e. The van der Waals surface area contributed by atoms with Gasteiger partial charge in [0.1, 0.15) is 13.2 Å². The number of esters is 3. The summed E-state index contributed by atoms with van der Waals surface area (Å²) in [6.45, 7) is 9.04. The smallest absolute Gasteiger partial charge is 0.306 e. The average molecular weight is 849 g/mol. The Morgan fingerprint density at radius 3 is 0.867 bits per heavy atom. The van der Waals surface area contributed by atoms with Gasteiger partial charge < -0.3 is 14.2 Å². The highest BCUT2D eigenvalue weighted by Crippen LogP contribution is 2.18. The van der Waals surface area contributed by atoms with Gasteiger partial charge in [0.15, 0.2) is 6.10 Å². The maximum absolute atomic E-state index is 12.8. The average Bonchev–Trinajstić information content (AvgIpc) is 3.25. The Kier molecular flexibility index (Phi) is 47.2. The molecule has 0 radical (unpaired) electrons. The molecular formula is C54H104O6. The van der Waals surface area contributed by atoms with Crippen LogP contribution >= 0.6 is 0 Å². The van der Waals surface area contributed by atoms with Gasteiger partial charge in [-0.05, 0) is 25.2 Å². The molecule has 0 spiro atoms. The molecule has 0 aromatic carbocycles. The molecule has 0 aliphatic rings. The van der Waals surface area contributed by atoms with Crippen molar-refractivity contribution in [1.29, 1.82) is 0 Å². The largest absolute Gasteiger partial charge is 0.462 e. The number of carbonyl (C=O) groups excluding carboxylic acids is 3. The molecule has 2 atom stereocenters. The van der Waals surface area contributed by atoms with Crippen LogP contribution < -0.4 is 0 Å². The summed E-state index contributed by atoms with van der Waals surface area (Å²) in [4.78, 5) is 38.0.